The topological polar surface area (TPSA) is 72.3 Å². The first kappa shape index (κ1) is 18.0. The summed E-state index contributed by atoms with van der Waals surface area (Å²) < 4.78 is 5.43. The Balaban J connectivity index is 1.93. The van der Waals surface area contributed by atoms with Gasteiger partial charge in [0.25, 0.3) is 0 Å². The minimum absolute atomic E-state index is 0.0770. The number of benzene rings is 1. The lowest BCUT2D eigenvalue weighted by molar-refractivity contribution is 0.0692. The van der Waals surface area contributed by atoms with Crippen LogP contribution < -0.4 is 4.74 Å². The summed E-state index contributed by atoms with van der Waals surface area (Å²) in [5.41, 5.74) is 4.75. The van der Waals surface area contributed by atoms with Crippen molar-refractivity contribution in [1.29, 1.82) is 0 Å². The molecule has 0 saturated carbocycles. The highest BCUT2D eigenvalue weighted by atomic mass is 16.5. The molecule has 0 radical (unpaired) electrons. The number of aryl methyl sites for hydroxylation is 2. The predicted octanol–water partition coefficient (Wildman–Crippen LogP) is 3.85. The molecule has 142 valence electrons. The fourth-order valence-corrected chi connectivity index (χ4v) is 5.62. The molecule has 2 atom stereocenters. The Kier molecular flexibility index (Phi) is 3.85. The van der Waals surface area contributed by atoms with Crippen LogP contribution in [-0.2, 0) is 23.7 Å². The summed E-state index contributed by atoms with van der Waals surface area (Å²) in [6.07, 6.45) is 4.73. The standard InChI is InChI=1S/C22H26N2O3/c1-12-23-11-14-10-22(4)16-9-17(27-5)15(20(25)26)8-13(16)6-7-18(22)21(2,3)19(14)24-12/h8-9,11,18H,6-7,10H2,1-5H3,(H,25,26)/t18?,22-/m1/s1. The third kappa shape index (κ3) is 2.47. The van der Waals surface area contributed by atoms with Gasteiger partial charge in [0.2, 0.25) is 0 Å². The number of methoxy groups -OCH3 is 1. The Labute approximate surface area is 159 Å². The van der Waals surface area contributed by atoms with Crippen LogP contribution in [0.25, 0.3) is 0 Å². The summed E-state index contributed by atoms with van der Waals surface area (Å²) in [5.74, 6) is 0.723. The van der Waals surface area contributed by atoms with E-state index < -0.39 is 5.97 Å². The second-order valence-electron chi connectivity index (χ2n) is 8.71. The van der Waals surface area contributed by atoms with E-state index >= 15 is 0 Å². The molecule has 5 nitrogen and oxygen atoms in total. The third-order valence-electron chi connectivity index (χ3n) is 6.77. The number of carboxylic acid groups (broad SMARTS) is 1. The van der Waals surface area contributed by atoms with Gasteiger partial charge in [-0.25, -0.2) is 14.8 Å². The van der Waals surface area contributed by atoms with Crippen molar-refractivity contribution >= 4 is 5.97 Å². The first-order chi connectivity index (χ1) is 12.7. The average molecular weight is 366 g/mol. The number of carbonyl (C=O) groups is 1. The molecule has 0 saturated heterocycles. The summed E-state index contributed by atoms with van der Waals surface area (Å²) in [5, 5.41) is 9.54. The number of aromatic carboxylic acids is 1. The van der Waals surface area contributed by atoms with Gasteiger partial charge in [0, 0.05) is 17.0 Å². The lowest BCUT2D eigenvalue weighted by atomic mass is 9.50. The molecule has 27 heavy (non-hydrogen) atoms. The van der Waals surface area contributed by atoms with Crippen molar-refractivity contribution in [3.05, 3.63) is 52.1 Å². The second kappa shape index (κ2) is 5.78. The zero-order chi connectivity index (χ0) is 19.6. The first-order valence-electron chi connectivity index (χ1n) is 9.46. The van der Waals surface area contributed by atoms with Crippen LogP contribution in [0.5, 0.6) is 5.75 Å². The van der Waals surface area contributed by atoms with E-state index in [2.05, 4.69) is 25.8 Å². The summed E-state index contributed by atoms with van der Waals surface area (Å²) in [4.78, 5) is 20.9. The molecule has 1 heterocycles. The smallest absolute Gasteiger partial charge is 0.339 e. The van der Waals surface area contributed by atoms with E-state index in [-0.39, 0.29) is 16.4 Å². The Morgan fingerprint density at radius 2 is 2.00 bits per heavy atom. The molecular weight excluding hydrogens is 340 g/mol. The fourth-order valence-electron chi connectivity index (χ4n) is 5.62. The Hall–Kier alpha value is -2.43. The first-order valence-corrected chi connectivity index (χ1v) is 9.46. The number of carboxylic acids is 1. The molecule has 0 fully saturated rings. The number of aromatic nitrogens is 2. The van der Waals surface area contributed by atoms with Gasteiger partial charge in [0.1, 0.15) is 17.1 Å². The molecule has 1 N–H and O–H groups in total. The molecule has 0 aliphatic heterocycles. The number of nitrogens with zero attached hydrogens (tertiary/aromatic N) is 2. The lowest BCUT2D eigenvalue weighted by Crippen LogP contribution is -2.52. The number of hydrogen-bond donors (Lipinski definition) is 1. The average Bonchev–Trinajstić information content (AvgIpc) is 2.61. The Morgan fingerprint density at radius 1 is 1.26 bits per heavy atom. The minimum atomic E-state index is -0.944. The van der Waals surface area contributed by atoms with E-state index in [1.807, 2.05) is 25.3 Å². The molecule has 2 aliphatic carbocycles. The van der Waals surface area contributed by atoms with Crippen LogP contribution in [0.4, 0.5) is 0 Å². The number of ether oxygens (including phenoxy) is 1. The number of rotatable bonds is 2. The van der Waals surface area contributed by atoms with Gasteiger partial charge in [-0.15, -0.1) is 0 Å². The van der Waals surface area contributed by atoms with Gasteiger partial charge in [0.05, 0.1) is 12.8 Å². The van der Waals surface area contributed by atoms with E-state index in [1.165, 1.54) is 18.2 Å². The van der Waals surface area contributed by atoms with Gasteiger partial charge in [-0.3, -0.25) is 0 Å². The van der Waals surface area contributed by atoms with Crippen molar-refractivity contribution in [2.75, 3.05) is 7.11 Å². The van der Waals surface area contributed by atoms with Crippen LogP contribution in [0.2, 0.25) is 0 Å². The normalized spacial score (nSPS) is 25.1. The molecule has 1 aromatic carbocycles. The molecular formula is C22H26N2O3. The van der Waals surface area contributed by atoms with Gasteiger partial charge in [-0.2, -0.15) is 0 Å². The Bertz CT molecular complexity index is 951. The van der Waals surface area contributed by atoms with Crippen LogP contribution >= 0.6 is 0 Å². The summed E-state index contributed by atoms with van der Waals surface area (Å²) in [7, 11) is 1.54. The van der Waals surface area contributed by atoms with Crippen LogP contribution in [-0.4, -0.2) is 28.2 Å². The maximum atomic E-state index is 11.6. The maximum Gasteiger partial charge on any atom is 0.339 e. The highest BCUT2D eigenvalue weighted by Gasteiger charge is 2.53. The zero-order valence-corrected chi connectivity index (χ0v) is 16.6. The number of fused-ring (bicyclic) bond motifs is 4. The van der Waals surface area contributed by atoms with Gasteiger partial charge in [0.15, 0.2) is 0 Å². The van der Waals surface area contributed by atoms with Gasteiger partial charge in [-0.1, -0.05) is 20.8 Å². The van der Waals surface area contributed by atoms with Crippen molar-refractivity contribution in [3.8, 4) is 5.75 Å². The minimum Gasteiger partial charge on any atom is -0.496 e. The largest absolute Gasteiger partial charge is 0.496 e. The summed E-state index contributed by atoms with van der Waals surface area (Å²) in [6, 6.07) is 3.77. The summed E-state index contributed by atoms with van der Waals surface area (Å²) in [6.45, 7) is 8.82. The van der Waals surface area contributed by atoms with Crippen molar-refractivity contribution in [3.63, 3.8) is 0 Å². The van der Waals surface area contributed by atoms with Crippen molar-refractivity contribution in [2.45, 2.75) is 57.8 Å². The van der Waals surface area contributed by atoms with E-state index in [0.717, 1.165) is 36.3 Å². The zero-order valence-electron chi connectivity index (χ0n) is 16.6. The van der Waals surface area contributed by atoms with Crippen LogP contribution in [0.1, 0.15) is 65.8 Å². The Morgan fingerprint density at radius 3 is 2.67 bits per heavy atom. The van der Waals surface area contributed by atoms with Crippen LogP contribution in [0.3, 0.4) is 0 Å². The second-order valence-corrected chi connectivity index (χ2v) is 8.71. The van der Waals surface area contributed by atoms with E-state index in [4.69, 9.17) is 9.72 Å². The van der Waals surface area contributed by atoms with Crippen molar-refractivity contribution in [1.82, 2.24) is 9.97 Å². The van der Waals surface area contributed by atoms with Crippen LogP contribution in [0.15, 0.2) is 18.3 Å². The third-order valence-corrected chi connectivity index (χ3v) is 6.77. The summed E-state index contributed by atoms with van der Waals surface area (Å²) >= 11 is 0. The van der Waals surface area contributed by atoms with Crippen molar-refractivity contribution < 1.29 is 14.6 Å². The molecule has 5 heteroatoms. The van der Waals surface area contributed by atoms with Crippen LogP contribution in [0, 0.1) is 12.8 Å². The highest BCUT2D eigenvalue weighted by molar-refractivity contribution is 5.91. The molecule has 0 amide bonds. The molecule has 2 aromatic rings. The molecule has 2 aliphatic rings. The molecule has 1 aromatic heterocycles. The monoisotopic (exact) mass is 366 g/mol. The van der Waals surface area contributed by atoms with Crippen molar-refractivity contribution in [2.24, 2.45) is 5.92 Å². The maximum absolute atomic E-state index is 11.6. The molecule has 0 bridgehead atoms. The lowest BCUT2D eigenvalue weighted by Gasteiger charge is -2.54. The number of hydrogen-bond acceptors (Lipinski definition) is 4. The molecule has 0 spiro atoms. The van der Waals surface area contributed by atoms with Gasteiger partial charge < -0.3 is 9.84 Å². The van der Waals surface area contributed by atoms with E-state index in [1.54, 1.807) is 0 Å². The predicted molar refractivity (Wildman–Crippen MR) is 103 cm³/mol. The SMILES string of the molecule is COc1cc2c(cc1C(=O)O)CCC1C(C)(C)c3nc(C)ncc3C[C@]21C. The quantitative estimate of drug-likeness (QED) is 0.874. The highest BCUT2D eigenvalue weighted by Crippen LogP contribution is 2.56. The molecule has 4 rings (SSSR count). The van der Waals surface area contributed by atoms with Gasteiger partial charge in [-0.05, 0) is 60.9 Å². The van der Waals surface area contributed by atoms with Gasteiger partial charge >= 0.3 is 5.97 Å². The van der Waals surface area contributed by atoms with E-state index in [0.29, 0.717) is 11.7 Å². The fraction of sp³-hybridized carbons (Fsp3) is 0.500. The molecule has 1 unspecified atom stereocenters. The van der Waals surface area contributed by atoms with E-state index in [9.17, 15) is 9.90 Å².